The second-order valence-corrected chi connectivity index (χ2v) is 5.79. The van der Waals surface area contributed by atoms with Crippen molar-refractivity contribution < 1.29 is 0 Å². The van der Waals surface area contributed by atoms with E-state index in [9.17, 15) is 0 Å². The van der Waals surface area contributed by atoms with Crippen LogP contribution in [0.2, 0.25) is 5.15 Å². The van der Waals surface area contributed by atoms with E-state index in [0.717, 1.165) is 22.6 Å². The number of hydrogen-bond donors (Lipinski definition) is 0. The monoisotopic (exact) mass is 260 g/mol. The van der Waals surface area contributed by atoms with Crippen LogP contribution >= 0.6 is 11.6 Å². The van der Waals surface area contributed by atoms with Crippen molar-refractivity contribution in [1.29, 1.82) is 0 Å². The average Bonchev–Trinajstić information content (AvgIpc) is 2.32. The molecule has 0 aliphatic heterocycles. The third kappa shape index (κ3) is 2.54. The van der Waals surface area contributed by atoms with Crippen LogP contribution in [-0.4, -0.2) is 9.97 Å². The molecule has 1 heterocycles. The molecule has 0 saturated heterocycles. The summed E-state index contributed by atoms with van der Waals surface area (Å²) in [5, 5.41) is 0.536. The molecule has 0 saturated carbocycles. The zero-order valence-electron chi connectivity index (χ0n) is 11.2. The number of benzene rings is 1. The van der Waals surface area contributed by atoms with Crippen LogP contribution in [0.1, 0.15) is 32.2 Å². The number of nitrogens with zero attached hydrogens (tertiary/aromatic N) is 2. The number of hydrogen-bond acceptors (Lipinski definition) is 2. The fourth-order valence-corrected chi connectivity index (χ4v) is 1.87. The fourth-order valence-electron chi connectivity index (χ4n) is 1.70. The summed E-state index contributed by atoms with van der Waals surface area (Å²) in [4.78, 5) is 9.06. The first-order chi connectivity index (χ1) is 8.39. The Morgan fingerprint density at radius 1 is 1.00 bits per heavy atom. The molecule has 1 aromatic carbocycles. The lowest BCUT2D eigenvalue weighted by Crippen LogP contribution is -2.17. The Hall–Kier alpha value is -1.41. The highest BCUT2D eigenvalue weighted by Gasteiger charge is 2.20. The maximum Gasteiger partial charge on any atom is 0.136 e. The highest BCUT2D eigenvalue weighted by atomic mass is 35.5. The van der Waals surface area contributed by atoms with E-state index < -0.39 is 0 Å². The van der Waals surface area contributed by atoms with Crippen LogP contribution in [-0.2, 0) is 5.41 Å². The van der Waals surface area contributed by atoms with Gasteiger partial charge in [0.15, 0.2) is 0 Å². The van der Waals surface area contributed by atoms with Gasteiger partial charge in [-0.25, -0.2) is 9.97 Å². The Morgan fingerprint density at radius 3 is 2.17 bits per heavy atom. The standard InChI is InChI=1S/C15H17ClN2/c1-10-12(11-8-6-5-7-9-11)17-14(15(2,3)4)18-13(10)16/h5-9H,1-4H3. The van der Waals surface area contributed by atoms with Crippen LogP contribution in [0.3, 0.4) is 0 Å². The minimum atomic E-state index is -0.110. The van der Waals surface area contributed by atoms with Crippen LogP contribution in [0.4, 0.5) is 0 Å². The lowest BCUT2D eigenvalue weighted by molar-refractivity contribution is 0.545. The summed E-state index contributed by atoms with van der Waals surface area (Å²) in [7, 11) is 0. The maximum absolute atomic E-state index is 6.22. The largest absolute Gasteiger partial charge is 0.232 e. The molecule has 0 unspecified atom stereocenters. The van der Waals surface area contributed by atoms with Gasteiger partial charge in [-0.15, -0.1) is 0 Å². The fraction of sp³-hybridized carbons (Fsp3) is 0.333. The van der Waals surface area contributed by atoms with Crippen LogP contribution < -0.4 is 0 Å². The van der Waals surface area contributed by atoms with Gasteiger partial charge in [0.2, 0.25) is 0 Å². The van der Waals surface area contributed by atoms with Crippen LogP contribution in [0.15, 0.2) is 30.3 Å². The summed E-state index contributed by atoms with van der Waals surface area (Å²) in [5.74, 6) is 0.775. The first kappa shape index (κ1) is 13.0. The van der Waals surface area contributed by atoms with Crippen LogP contribution in [0, 0.1) is 6.92 Å². The summed E-state index contributed by atoms with van der Waals surface area (Å²) in [6.45, 7) is 8.21. The van der Waals surface area contributed by atoms with Gasteiger partial charge in [-0.2, -0.15) is 0 Å². The molecular weight excluding hydrogens is 244 g/mol. The van der Waals surface area contributed by atoms with Gasteiger partial charge >= 0.3 is 0 Å². The summed E-state index contributed by atoms with van der Waals surface area (Å²) >= 11 is 6.22. The van der Waals surface area contributed by atoms with E-state index in [1.807, 2.05) is 37.3 Å². The highest BCUT2D eigenvalue weighted by molar-refractivity contribution is 6.30. The summed E-state index contributed by atoms with van der Waals surface area (Å²) in [6.07, 6.45) is 0. The topological polar surface area (TPSA) is 25.8 Å². The van der Waals surface area contributed by atoms with Gasteiger partial charge in [0.05, 0.1) is 5.69 Å². The van der Waals surface area contributed by atoms with Crippen molar-refractivity contribution in [3.8, 4) is 11.3 Å². The minimum absolute atomic E-state index is 0.110. The van der Waals surface area contributed by atoms with E-state index >= 15 is 0 Å². The minimum Gasteiger partial charge on any atom is -0.232 e. The van der Waals surface area contributed by atoms with Crippen molar-refractivity contribution in [2.45, 2.75) is 33.1 Å². The van der Waals surface area contributed by atoms with Gasteiger partial charge < -0.3 is 0 Å². The smallest absolute Gasteiger partial charge is 0.136 e. The molecule has 18 heavy (non-hydrogen) atoms. The zero-order valence-corrected chi connectivity index (χ0v) is 11.9. The van der Waals surface area contributed by atoms with Crippen LogP contribution in [0.5, 0.6) is 0 Å². The Bertz CT molecular complexity index is 557. The normalized spacial score (nSPS) is 11.6. The molecule has 0 spiro atoms. The number of aromatic nitrogens is 2. The summed E-state index contributed by atoms with van der Waals surface area (Å²) in [6, 6.07) is 10.1. The van der Waals surface area contributed by atoms with Crippen LogP contribution in [0.25, 0.3) is 11.3 Å². The number of halogens is 1. The van der Waals surface area contributed by atoms with E-state index in [1.165, 1.54) is 0 Å². The van der Waals surface area contributed by atoms with Gasteiger partial charge in [-0.3, -0.25) is 0 Å². The third-order valence-electron chi connectivity index (χ3n) is 2.80. The molecular formula is C15H17ClN2. The SMILES string of the molecule is Cc1c(Cl)nc(C(C)(C)C)nc1-c1ccccc1. The Balaban J connectivity index is 2.64. The van der Waals surface area contributed by atoms with Gasteiger partial charge in [0.1, 0.15) is 11.0 Å². The quantitative estimate of drug-likeness (QED) is 0.710. The second kappa shape index (κ2) is 4.69. The zero-order chi connectivity index (χ0) is 13.3. The first-order valence-corrected chi connectivity index (χ1v) is 6.37. The van der Waals surface area contributed by atoms with E-state index in [-0.39, 0.29) is 5.41 Å². The van der Waals surface area contributed by atoms with Crippen molar-refractivity contribution in [2.24, 2.45) is 0 Å². The lowest BCUT2D eigenvalue weighted by Gasteiger charge is -2.19. The second-order valence-electron chi connectivity index (χ2n) is 5.43. The third-order valence-corrected chi connectivity index (χ3v) is 3.17. The Labute approximate surface area is 113 Å². The predicted octanol–water partition coefficient (Wildman–Crippen LogP) is 4.40. The molecule has 0 N–H and O–H groups in total. The lowest BCUT2D eigenvalue weighted by atomic mass is 9.95. The molecule has 94 valence electrons. The van der Waals surface area contributed by atoms with E-state index in [2.05, 4.69) is 30.7 Å². The van der Waals surface area contributed by atoms with Crippen molar-refractivity contribution >= 4 is 11.6 Å². The molecule has 0 aliphatic rings. The molecule has 0 atom stereocenters. The Kier molecular flexibility index (Phi) is 3.40. The predicted molar refractivity (Wildman–Crippen MR) is 75.9 cm³/mol. The Morgan fingerprint density at radius 2 is 1.61 bits per heavy atom. The molecule has 2 rings (SSSR count). The molecule has 0 fully saturated rings. The summed E-state index contributed by atoms with van der Waals surface area (Å²) < 4.78 is 0. The van der Waals surface area contributed by atoms with Gasteiger partial charge in [0.25, 0.3) is 0 Å². The van der Waals surface area contributed by atoms with E-state index in [0.29, 0.717) is 5.15 Å². The molecule has 2 aromatic rings. The molecule has 1 aromatic heterocycles. The van der Waals surface area contributed by atoms with Crippen molar-refractivity contribution in [3.63, 3.8) is 0 Å². The average molecular weight is 261 g/mol. The number of rotatable bonds is 1. The van der Waals surface area contributed by atoms with Gasteiger partial charge in [0, 0.05) is 16.5 Å². The molecule has 3 heteroatoms. The summed E-state index contributed by atoms with van der Waals surface area (Å²) in [5.41, 5.74) is 2.81. The van der Waals surface area contributed by atoms with Crippen molar-refractivity contribution in [2.75, 3.05) is 0 Å². The molecule has 0 amide bonds. The van der Waals surface area contributed by atoms with E-state index in [4.69, 9.17) is 11.6 Å². The molecule has 0 aliphatic carbocycles. The first-order valence-electron chi connectivity index (χ1n) is 5.99. The maximum atomic E-state index is 6.22. The van der Waals surface area contributed by atoms with Gasteiger partial charge in [-0.1, -0.05) is 62.7 Å². The van der Waals surface area contributed by atoms with Crippen molar-refractivity contribution in [1.82, 2.24) is 9.97 Å². The molecule has 0 radical (unpaired) electrons. The highest BCUT2D eigenvalue weighted by Crippen LogP contribution is 2.29. The van der Waals surface area contributed by atoms with Crippen molar-refractivity contribution in [3.05, 3.63) is 46.9 Å². The van der Waals surface area contributed by atoms with E-state index in [1.54, 1.807) is 0 Å². The van der Waals surface area contributed by atoms with Gasteiger partial charge in [-0.05, 0) is 6.92 Å². The molecule has 2 nitrogen and oxygen atoms in total. The molecule has 0 bridgehead atoms.